The Morgan fingerprint density at radius 3 is 2.92 bits per heavy atom. The van der Waals surface area contributed by atoms with Gasteiger partial charge in [-0.25, -0.2) is 4.98 Å². The zero-order chi connectivity index (χ0) is 19.1. The number of amides is 1. The second kappa shape index (κ2) is 9.57. The van der Waals surface area contributed by atoms with Gasteiger partial charge in [0.15, 0.2) is 4.34 Å². The molecule has 0 fully saturated rings. The van der Waals surface area contributed by atoms with E-state index in [-0.39, 0.29) is 23.3 Å². The van der Waals surface area contributed by atoms with Crippen molar-refractivity contribution in [1.82, 2.24) is 4.98 Å². The lowest BCUT2D eigenvalue weighted by molar-refractivity contribution is -0.142. The third-order valence-electron chi connectivity index (χ3n) is 3.17. The third kappa shape index (κ3) is 5.73. The fourth-order valence-electron chi connectivity index (χ4n) is 1.92. The first-order valence-electron chi connectivity index (χ1n) is 7.70. The predicted molar refractivity (Wildman–Crippen MR) is 103 cm³/mol. The molecule has 1 aromatic carbocycles. The van der Waals surface area contributed by atoms with Gasteiger partial charge in [-0.05, 0) is 32.0 Å². The van der Waals surface area contributed by atoms with Crippen LogP contribution in [0, 0.1) is 11.3 Å². The van der Waals surface area contributed by atoms with E-state index in [1.54, 1.807) is 31.4 Å². The molecule has 0 radical (unpaired) electrons. The van der Waals surface area contributed by atoms with Crippen LogP contribution in [0.4, 0.5) is 5.69 Å². The van der Waals surface area contributed by atoms with Crippen LogP contribution >= 0.6 is 34.7 Å². The van der Waals surface area contributed by atoms with E-state index in [9.17, 15) is 9.59 Å². The monoisotopic (exact) mass is 409 g/mol. The van der Waals surface area contributed by atoms with E-state index in [0.717, 1.165) is 0 Å². The fourth-order valence-corrected chi connectivity index (χ4v) is 4.12. The summed E-state index contributed by atoms with van der Waals surface area (Å²) >= 11 is 8.64. The number of nitrogens with one attached hydrogen (secondary N) is 1. The molecule has 0 aliphatic carbocycles. The third-order valence-corrected chi connectivity index (χ3v) is 5.60. The summed E-state index contributed by atoms with van der Waals surface area (Å²) in [7, 11) is 0. The molecular weight excluding hydrogens is 394 g/mol. The molecule has 0 aliphatic heterocycles. The van der Waals surface area contributed by atoms with Gasteiger partial charge >= 0.3 is 5.97 Å². The molecular formula is C17H16ClN3O3S2. The van der Waals surface area contributed by atoms with Crippen molar-refractivity contribution < 1.29 is 14.3 Å². The number of rotatable bonds is 7. The maximum atomic E-state index is 12.3. The van der Waals surface area contributed by atoms with E-state index < -0.39 is 5.25 Å². The number of thioether (sulfide) groups is 1. The summed E-state index contributed by atoms with van der Waals surface area (Å²) in [6.45, 7) is 3.85. The van der Waals surface area contributed by atoms with Crippen molar-refractivity contribution in [3.63, 3.8) is 0 Å². The van der Waals surface area contributed by atoms with Crippen molar-refractivity contribution >= 4 is 52.3 Å². The molecule has 1 heterocycles. The van der Waals surface area contributed by atoms with Crippen LogP contribution in [0.15, 0.2) is 27.9 Å². The molecule has 2 rings (SSSR count). The largest absolute Gasteiger partial charge is 0.466 e. The second-order valence-electron chi connectivity index (χ2n) is 5.14. The number of carbonyl (C=O) groups excluding carboxylic acids is 2. The molecule has 1 N–H and O–H groups in total. The van der Waals surface area contributed by atoms with Crippen LogP contribution in [0.5, 0.6) is 0 Å². The van der Waals surface area contributed by atoms with E-state index >= 15 is 0 Å². The Morgan fingerprint density at radius 1 is 1.50 bits per heavy atom. The highest BCUT2D eigenvalue weighted by molar-refractivity contribution is 8.02. The zero-order valence-corrected chi connectivity index (χ0v) is 16.5. The van der Waals surface area contributed by atoms with Crippen LogP contribution in [0.25, 0.3) is 0 Å². The van der Waals surface area contributed by atoms with Crippen LogP contribution < -0.4 is 5.32 Å². The molecule has 26 heavy (non-hydrogen) atoms. The molecule has 1 atom stereocenters. The lowest BCUT2D eigenvalue weighted by atomic mass is 10.2. The maximum absolute atomic E-state index is 12.3. The molecule has 0 spiro atoms. The van der Waals surface area contributed by atoms with Crippen molar-refractivity contribution in [2.45, 2.75) is 29.9 Å². The smallest absolute Gasteiger partial charge is 0.311 e. The number of thiazole rings is 1. The quantitative estimate of drug-likeness (QED) is 0.550. The van der Waals surface area contributed by atoms with E-state index in [1.165, 1.54) is 29.2 Å². The summed E-state index contributed by atoms with van der Waals surface area (Å²) in [4.78, 5) is 28.1. The highest BCUT2D eigenvalue weighted by Crippen LogP contribution is 2.28. The van der Waals surface area contributed by atoms with Crippen molar-refractivity contribution in [2.24, 2.45) is 0 Å². The summed E-state index contributed by atoms with van der Waals surface area (Å²) in [5.41, 5.74) is 1.50. The molecule has 0 saturated carbocycles. The lowest BCUT2D eigenvalue weighted by Gasteiger charge is -2.11. The number of ether oxygens (including phenoxy) is 1. The maximum Gasteiger partial charge on any atom is 0.311 e. The number of nitrogens with zero attached hydrogens (tertiary/aromatic N) is 2. The van der Waals surface area contributed by atoms with Crippen LogP contribution in [0.1, 0.15) is 25.1 Å². The van der Waals surface area contributed by atoms with Gasteiger partial charge in [-0.1, -0.05) is 23.4 Å². The van der Waals surface area contributed by atoms with Gasteiger partial charge in [-0.15, -0.1) is 11.3 Å². The molecule has 0 unspecified atom stereocenters. The molecule has 136 valence electrons. The highest BCUT2D eigenvalue weighted by Gasteiger charge is 2.18. The molecule has 6 nitrogen and oxygen atoms in total. The van der Waals surface area contributed by atoms with Gasteiger partial charge in [0, 0.05) is 11.1 Å². The minimum atomic E-state index is -0.397. The number of benzene rings is 1. The number of carbonyl (C=O) groups is 2. The Hall–Kier alpha value is -2.08. The van der Waals surface area contributed by atoms with Gasteiger partial charge in [0.2, 0.25) is 5.91 Å². The summed E-state index contributed by atoms with van der Waals surface area (Å²) in [6, 6.07) is 6.68. The highest BCUT2D eigenvalue weighted by atomic mass is 35.5. The number of nitriles is 1. The van der Waals surface area contributed by atoms with Crippen LogP contribution in [0.3, 0.4) is 0 Å². The molecule has 9 heteroatoms. The standard InChI is InChI=1S/C17H16ClN3O3S2/c1-3-24-15(22)7-13-9-25-17(21-13)26-10(2)16(23)20-12-5-4-11(8-19)14(18)6-12/h4-6,9-10H,3,7H2,1-2H3,(H,20,23)/t10-/m1/s1. The minimum absolute atomic E-state index is 0.120. The molecule has 1 aromatic heterocycles. The van der Waals surface area contributed by atoms with Crippen molar-refractivity contribution in [3.05, 3.63) is 39.9 Å². The number of hydrogen-bond donors (Lipinski definition) is 1. The summed E-state index contributed by atoms with van der Waals surface area (Å²) in [5.74, 6) is -0.532. The van der Waals surface area contributed by atoms with E-state index in [2.05, 4.69) is 10.3 Å². The summed E-state index contributed by atoms with van der Waals surface area (Å²) < 4.78 is 5.59. The van der Waals surface area contributed by atoms with E-state index in [4.69, 9.17) is 21.6 Å². The average molecular weight is 410 g/mol. The lowest BCUT2D eigenvalue weighted by Crippen LogP contribution is -2.22. The first-order chi connectivity index (χ1) is 12.4. The number of hydrogen-bond acceptors (Lipinski definition) is 7. The SMILES string of the molecule is CCOC(=O)Cc1csc(S[C@H](C)C(=O)Nc2ccc(C#N)c(Cl)c2)n1. The molecule has 0 saturated heterocycles. The topological polar surface area (TPSA) is 92.1 Å². The minimum Gasteiger partial charge on any atom is -0.466 e. The Morgan fingerprint density at radius 2 is 2.27 bits per heavy atom. The normalized spacial score (nSPS) is 11.5. The number of halogens is 1. The number of anilines is 1. The Labute approximate surface area is 164 Å². The Kier molecular flexibility index (Phi) is 7.45. The predicted octanol–water partition coefficient (Wildman–Crippen LogP) is 3.89. The van der Waals surface area contributed by atoms with Gasteiger partial charge in [-0.2, -0.15) is 5.26 Å². The Balaban J connectivity index is 1.93. The summed E-state index contributed by atoms with van der Waals surface area (Å²) in [5, 5.41) is 13.3. The van der Waals surface area contributed by atoms with Crippen LogP contribution in [-0.4, -0.2) is 28.7 Å². The molecule has 0 aliphatic rings. The van der Waals surface area contributed by atoms with Crippen molar-refractivity contribution in [3.8, 4) is 6.07 Å². The number of aromatic nitrogens is 1. The molecule has 1 amide bonds. The first kappa shape index (κ1) is 20.2. The number of esters is 1. The Bertz CT molecular complexity index is 848. The zero-order valence-electron chi connectivity index (χ0n) is 14.1. The fraction of sp³-hybridized carbons (Fsp3) is 0.294. The van der Waals surface area contributed by atoms with Crippen LogP contribution in [0.2, 0.25) is 5.02 Å². The van der Waals surface area contributed by atoms with Gasteiger partial charge < -0.3 is 10.1 Å². The van der Waals surface area contributed by atoms with Gasteiger partial charge in [0.05, 0.1) is 34.6 Å². The van der Waals surface area contributed by atoms with Gasteiger partial charge in [0.1, 0.15) is 6.07 Å². The van der Waals surface area contributed by atoms with Crippen molar-refractivity contribution in [2.75, 3.05) is 11.9 Å². The van der Waals surface area contributed by atoms with Crippen molar-refractivity contribution in [1.29, 1.82) is 5.26 Å². The first-order valence-corrected chi connectivity index (χ1v) is 9.83. The van der Waals surface area contributed by atoms with E-state index in [0.29, 0.717) is 27.9 Å². The van der Waals surface area contributed by atoms with Gasteiger partial charge in [0.25, 0.3) is 0 Å². The average Bonchev–Trinajstić information content (AvgIpc) is 3.02. The summed E-state index contributed by atoms with van der Waals surface area (Å²) in [6.07, 6.45) is 0.120. The van der Waals surface area contributed by atoms with Gasteiger partial charge in [-0.3, -0.25) is 9.59 Å². The second-order valence-corrected chi connectivity index (χ2v) is 8.00. The van der Waals surface area contributed by atoms with E-state index in [1.807, 2.05) is 6.07 Å². The van der Waals surface area contributed by atoms with Crippen LogP contribution in [-0.2, 0) is 20.7 Å². The molecule has 0 bridgehead atoms. The molecule has 2 aromatic rings.